The van der Waals surface area contributed by atoms with Crippen LogP contribution < -0.4 is 4.74 Å². The summed E-state index contributed by atoms with van der Waals surface area (Å²) in [6.45, 7) is 0. The molecule has 0 amide bonds. The predicted octanol–water partition coefficient (Wildman–Crippen LogP) is 3.67. The molecule has 0 spiro atoms. The minimum atomic E-state index is -0.572. The van der Waals surface area contributed by atoms with E-state index < -0.39 is 5.60 Å². The Hall–Kier alpha value is -1.06. The van der Waals surface area contributed by atoms with E-state index in [2.05, 4.69) is 12.1 Å². The Kier molecular flexibility index (Phi) is 2.60. The van der Waals surface area contributed by atoms with Gasteiger partial charge in [-0.05, 0) is 42.5 Å². The second kappa shape index (κ2) is 4.00. The molecule has 0 unspecified atom stereocenters. The third-order valence-electron chi connectivity index (χ3n) is 3.62. The number of aliphatic hydroxyl groups is 1. The molecule has 1 fully saturated rings. The van der Waals surface area contributed by atoms with Gasteiger partial charge in [0, 0.05) is 9.58 Å². The standard InChI is InChI=1S/C14H16O2S/c1-16-11-5-4-10-8-13(17-12(10)9-11)14(15)6-2-3-7-14/h4-5,8-9,15H,2-3,6-7H2,1H3. The number of rotatable bonds is 2. The van der Waals surface area contributed by atoms with Crippen LogP contribution in [0, 0.1) is 0 Å². The van der Waals surface area contributed by atoms with Gasteiger partial charge in [-0.2, -0.15) is 0 Å². The van der Waals surface area contributed by atoms with Gasteiger partial charge in [-0.1, -0.05) is 12.8 Å². The summed E-state index contributed by atoms with van der Waals surface area (Å²) in [7, 11) is 1.68. The van der Waals surface area contributed by atoms with E-state index in [0.29, 0.717) is 0 Å². The van der Waals surface area contributed by atoms with Crippen LogP contribution in [0.1, 0.15) is 30.6 Å². The summed E-state index contributed by atoms with van der Waals surface area (Å²) in [5.41, 5.74) is -0.572. The maximum absolute atomic E-state index is 10.6. The summed E-state index contributed by atoms with van der Waals surface area (Å²) in [6, 6.07) is 8.20. The van der Waals surface area contributed by atoms with Crippen LogP contribution in [0.25, 0.3) is 10.1 Å². The molecule has 1 heterocycles. The van der Waals surface area contributed by atoms with Crippen LogP contribution in [0.4, 0.5) is 0 Å². The molecule has 0 radical (unpaired) electrons. The van der Waals surface area contributed by atoms with Crippen LogP contribution in [0.15, 0.2) is 24.3 Å². The third-order valence-corrected chi connectivity index (χ3v) is 4.91. The number of thiophene rings is 1. The third kappa shape index (κ3) is 1.83. The number of benzene rings is 1. The van der Waals surface area contributed by atoms with Gasteiger partial charge < -0.3 is 9.84 Å². The van der Waals surface area contributed by atoms with Crippen molar-refractivity contribution in [1.29, 1.82) is 0 Å². The molecular weight excluding hydrogens is 232 g/mol. The average molecular weight is 248 g/mol. The van der Waals surface area contributed by atoms with Gasteiger partial charge >= 0.3 is 0 Å². The van der Waals surface area contributed by atoms with Crippen LogP contribution in [0.5, 0.6) is 5.75 Å². The molecule has 0 bridgehead atoms. The molecule has 0 aliphatic heterocycles. The first-order chi connectivity index (χ1) is 8.21. The molecule has 1 saturated carbocycles. The van der Waals surface area contributed by atoms with E-state index in [9.17, 15) is 5.11 Å². The predicted molar refractivity (Wildman–Crippen MR) is 70.7 cm³/mol. The molecule has 2 aromatic rings. The van der Waals surface area contributed by atoms with E-state index in [1.54, 1.807) is 18.4 Å². The van der Waals surface area contributed by atoms with E-state index in [0.717, 1.165) is 36.3 Å². The molecule has 17 heavy (non-hydrogen) atoms. The maximum Gasteiger partial charge on any atom is 0.120 e. The zero-order valence-electron chi connectivity index (χ0n) is 9.90. The quantitative estimate of drug-likeness (QED) is 0.878. The van der Waals surface area contributed by atoms with Gasteiger partial charge in [0.15, 0.2) is 0 Å². The molecule has 2 nitrogen and oxygen atoms in total. The van der Waals surface area contributed by atoms with Gasteiger partial charge in [0.25, 0.3) is 0 Å². The lowest BCUT2D eigenvalue weighted by molar-refractivity contribution is 0.0484. The van der Waals surface area contributed by atoms with Crippen LogP contribution >= 0.6 is 11.3 Å². The van der Waals surface area contributed by atoms with Gasteiger partial charge in [0.1, 0.15) is 5.75 Å². The summed E-state index contributed by atoms with van der Waals surface area (Å²) in [5.74, 6) is 0.879. The second-order valence-electron chi connectivity index (χ2n) is 4.75. The Morgan fingerprint density at radius 2 is 2.00 bits per heavy atom. The van der Waals surface area contributed by atoms with Crippen molar-refractivity contribution in [3.8, 4) is 5.75 Å². The van der Waals surface area contributed by atoms with Crippen molar-refractivity contribution in [2.24, 2.45) is 0 Å². The Bertz CT molecular complexity index is 538. The van der Waals surface area contributed by atoms with Crippen molar-refractivity contribution in [2.45, 2.75) is 31.3 Å². The number of hydrogen-bond acceptors (Lipinski definition) is 3. The zero-order chi connectivity index (χ0) is 11.9. The highest BCUT2D eigenvalue weighted by molar-refractivity contribution is 7.19. The first-order valence-electron chi connectivity index (χ1n) is 6.02. The van der Waals surface area contributed by atoms with E-state index >= 15 is 0 Å². The average Bonchev–Trinajstić information content (AvgIpc) is 2.94. The topological polar surface area (TPSA) is 29.5 Å². The van der Waals surface area contributed by atoms with Crippen molar-refractivity contribution in [3.05, 3.63) is 29.1 Å². The summed E-state index contributed by atoms with van der Waals surface area (Å²) in [4.78, 5) is 1.11. The molecule has 1 aromatic carbocycles. The molecule has 3 rings (SSSR count). The van der Waals surface area contributed by atoms with Crippen LogP contribution in [-0.2, 0) is 5.60 Å². The van der Waals surface area contributed by atoms with Gasteiger partial charge in [-0.25, -0.2) is 0 Å². The smallest absolute Gasteiger partial charge is 0.120 e. The van der Waals surface area contributed by atoms with Crippen LogP contribution in [0.2, 0.25) is 0 Å². The molecule has 1 aliphatic carbocycles. The first-order valence-corrected chi connectivity index (χ1v) is 6.83. The Morgan fingerprint density at radius 3 is 2.71 bits per heavy atom. The van der Waals surface area contributed by atoms with Crippen molar-refractivity contribution < 1.29 is 9.84 Å². The summed E-state index contributed by atoms with van der Waals surface area (Å²) < 4.78 is 6.42. The largest absolute Gasteiger partial charge is 0.497 e. The lowest BCUT2D eigenvalue weighted by Crippen LogP contribution is -2.18. The fourth-order valence-corrected chi connectivity index (χ4v) is 3.81. The minimum Gasteiger partial charge on any atom is -0.497 e. The summed E-state index contributed by atoms with van der Waals surface area (Å²) in [5, 5.41) is 11.8. The van der Waals surface area contributed by atoms with E-state index in [4.69, 9.17) is 4.74 Å². The lowest BCUT2D eigenvalue weighted by Gasteiger charge is -2.19. The van der Waals surface area contributed by atoms with E-state index in [-0.39, 0.29) is 0 Å². The lowest BCUT2D eigenvalue weighted by atomic mass is 10.00. The van der Waals surface area contributed by atoms with Crippen molar-refractivity contribution >= 4 is 21.4 Å². The number of methoxy groups -OCH3 is 1. The molecule has 1 aromatic heterocycles. The Morgan fingerprint density at radius 1 is 1.24 bits per heavy atom. The normalized spacial score (nSPS) is 18.7. The van der Waals surface area contributed by atoms with Crippen molar-refractivity contribution in [1.82, 2.24) is 0 Å². The molecule has 1 aliphatic rings. The molecule has 1 N–H and O–H groups in total. The van der Waals surface area contributed by atoms with E-state index in [1.807, 2.05) is 12.1 Å². The highest BCUT2D eigenvalue weighted by Crippen LogP contribution is 2.43. The maximum atomic E-state index is 10.6. The van der Waals surface area contributed by atoms with Crippen LogP contribution in [0.3, 0.4) is 0 Å². The van der Waals surface area contributed by atoms with Gasteiger partial charge in [-0.3, -0.25) is 0 Å². The number of ether oxygens (including phenoxy) is 1. The molecule has 3 heteroatoms. The van der Waals surface area contributed by atoms with Crippen LogP contribution in [-0.4, -0.2) is 12.2 Å². The second-order valence-corrected chi connectivity index (χ2v) is 5.84. The molecule has 90 valence electrons. The van der Waals surface area contributed by atoms with Crippen molar-refractivity contribution in [3.63, 3.8) is 0 Å². The minimum absolute atomic E-state index is 0.572. The fourth-order valence-electron chi connectivity index (χ4n) is 2.57. The van der Waals surface area contributed by atoms with Crippen molar-refractivity contribution in [2.75, 3.05) is 7.11 Å². The molecule has 0 atom stereocenters. The van der Waals surface area contributed by atoms with Gasteiger partial charge in [-0.15, -0.1) is 11.3 Å². The fraction of sp³-hybridized carbons (Fsp3) is 0.429. The van der Waals surface area contributed by atoms with E-state index in [1.165, 1.54) is 10.1 Å². The number of hydrogen-bond donors (Lipinski definition) is 1. The highest BCUT2D eigenvalue weighted by atomic mass is 32.1. The zero-order valence-corrected chi connectivity index (χ0v) is 10.7. The highest BCUT2D eigenvalue weighted by Gasteiger charge is 2.34. The Balaban J connectivity index is 2.07. The number of fused-ring (bicyclic) bond motifs is 1. The van der Waals surface area contributed by atoms with Gasteiger partial charge in [0.05, 0.1) is 12.7 Å². The molecular formula is C14H16O2S. The molecule has 0 saturated heterocycles. The SMILES string of the molecule is COc1ccc2cc(C3(O)CCCC3)sc2c1. The summed E-state index contributed by atoms with van der Waals surface area (Å²) in [6.07, 6.45) is 4.07. The monoisotopic (exact) mass is 248 g/mol. The first kappa shape index (κ1) is 11.1. The summed E-state index contributed by atoms with van der Waals surface area (Å²) >= 11 is 1.69. The van der Waals surface area contributed by atoms with Gasteiger partial charge in [0.2, 0.25) is 0 Å². The Labute approximate surface area is 105 Å².